The highest BCUT2D eigenvalue weighted by Gasteiger charge is 2.30. The van der Waals surface area contributed by atoms with Crippen LogP contribution in [0, 0.1) is 0 Å². The summed E-state index contributed by atoms with van der Waals surface area (Å²) < 4.78 is 42.8. The average molecular weight is 647 g/mol. The van der Waals surface area contributed by atoms with E-state index >= 15 is 0 Å². The van der Waals surface area contributed by atoms with Gasteiger partial charge >= 0.3 is 6.18 Å². The zero-order chi connectivity index (χ0) is 32.6. The Balaban J connectivity index is 1.25. The van der Waals surface area contributed by atoms with Gasteiger partial charge in [-0.05, 0) is 69.4 Å². The second-order valence-electron chi connectivity index (χ2n) is 11.9. The van der Waals surface area contributed by atoms with E-state index < -0.39 is 11.7 Å². The first-order chi connectivity index (χ1) is 23.4. The van der Waals surface area contributed by atoms with Crippen LogP contribution in [0.1, 0.15) is 16.7 Å². The lowest BCUT2D eigenvalue weighted by molar-refractivity contribution is -0.137. The van der Waals surface area contributed by atoms with E-state index in [0.29, 0.717) is 11.5 Å². The molecular formula is C42H25F3N2S. The predicted molar refractivity (Wildman–Crippen MR) is 191 cm³/mol. The van der Waals surface area contributed by atoms with Crippen LogP contribution < -0.4 is 0 Å². The molecule has 8 aromatic rings. The average Bonchev–Trinajstić information content (AvgIpc) is 3.53. The van der Waals surface area contributed by atoms with E-state index in [0.717, 1.165) is 78.1 Å². The maximum Gasteiger partial charge on any atom is 0.416 e. The van der Waals surface area contributed by atoms with E-state index in [9.17, 15) is 13.2 Å². The van der Waals surface area contributed by atoms with Crippen LogP contribution in [0.5, 0.6) is 0 Å². The van der Waals surface area contributed by atoms with Crippen LogP contribution in [0.15, 0.2) is 156 Å². The van der Waals surface area contributed by atoms with Crippen LogP contribution in [0.2, 0.25) is 0 Å². The minimum atomic E-state index is -4.43. The molecule has 0 saturated heterocycles. The van der Waals surface area contributed by atoms with Gasteiger partial charge in [-0.3, -0.25) is 4.57 Å². The highest BCUT2D eigenvalue weighted by Crippen LogP contribution is 2.48. The zero-order valence-electron chi connectivity index (χ0n) is 25.4. The van der Waals surface area contributed by atoms with Crippen molar-refractivity contribution in [2.24, 2.45) is 0 Å². The Bertz CT molecular complexity index is 2580. The number of benzene rings is 7. The van der Waals surface area contributed by atoms with Gasteiger partial charge in [0.25, 0.3) is 0 Å². The molecule has 0 aliphatic carbocycles. The van der Waals surface area contributed by atoms with Crippen LogP contribution in [-0.2, 0) is 6.18 Å². The number of imidazole rings is 1. The first-order valence-corrected chi connectivity index (χ1v) is 16.4. The second kappa shape index (κ2) is 10.7. The van der Waals surface area contributed by atoms with Crippen molar-refractivity contribution in [3.05, 3.63) is 163 Å². The van der Waals surface area contributed by atoms with Crippen molar-refractivity contribution in [2.75, 3.05) is 0 Å². The maximum absolute atomic E-state index is 13.6. The fourth-order valence-corrected chi connectivity index (χ4v) is 8.14. The van der Waals surface area contributed by atoms with E-state index in [1.807, 2.05) is 47.0 Å². The van der Waals surface area contributed by atoms with Gasteiger partial charge in [0.15, 0.2) is 0 Å². The maximum atomic E-state index is 13.6. The Morgan fingerprint density at radius 2 is 1.15 bits per heavy atom. The van der Waals surface area contributed by atoms with Crippen molar-refractivity contribution in [1.82, 2.24) is 9.55 Å². The normalized spacial score (nSPS) is 12.9. The van der Waals surface area contributed by atoms with Crippen LogP contribution in [-0.4, -0.2) is 9.55 Å². The first-order valence-electron chi connectivity index (χ1n) is 15.6. The summed E-state index contributed by atoms with van der Waals surface area (Å²) >= 11 is 1.76. The summed E-state index contributed by atoms with van der Waals surface area (Å²) in [5.74, 6) is 0.654. The topological polar surface area (TPSA) is 17.8 Å². The van der Waals surface area contributed by atoms with Gasteiger partial charge in [0, 0.05) is 37.4 Å². The van der Waals surface area contributed by atoms with E-state index in [1.165, 1.54) is 21.9 Å². The van der Waals surface area contributed by atoms with Gasteiger partial charge in [-0.15, -0.1) is 0 Å². The second-order valence-corrected chi connectivity index (χ2v) is 13.0. The first kappa shape index (κ1) is 28.6. The van der Waals surface area contributed by atoms with E-state index in [4.69, 9.17) is 4.98 Å². The largest absolute Gasteiger partial charge is 0.416 e. The van der Waals surface area contributed by atoms with Crippen molar-refractivity contribution in [2.45, 2.75) is 16.0 Å². The van der Waals surface area contributed by atoms with E-state index in [-0.39, 0.29) is 0 Å². The zero-order valence-corrected chi connectivity index (χ0v) is 26.2. The number of aromatic nitrogens is 2. The van der Waals surface area contributed by atoms with Crippen LogP contribution >= 0.6 is 11.8 Å². The standard InChI is InChI=1S/C42H25F3N2S/c1-25-30-9-6-7-15-36(30)48-37-16-8-14-31(38(25)37)26-17-19-27(20-18-26)41-46-39-34-12-4-2-10-32(34)33-11-3-5-13-35(33)40(39)47(41)29-23-21-28(22-24-29)42(43,44)45/h2-24H,1H2. The summed E-state index contributed by atoms with van der Waals surface area (Å²) in [5.41, 5.74) is 7.84. The number of nitrogens with zero attached hydrogens (tertiary/aromatic N) is 2. The van der Waals surface area contributed by atoms with Gasteiger partial charge in [-0.1, -0.05) is 121 Å². The summed E-state index contributed by atoms with van der Waals surface area (Å²) in [5, 5.41) is 4.10. The molecule has 0 bridgehead atoms. The minimum absolute atomic E-state index is 0.606. The third kappa shape index (κ3) is 4.40. The molecule has 9 rings (SSSR count). The molecule has 0 amide bonds. The van der Waals surface area contributed by atoms with Crippen LogP contribution in [0.3, 0.4) is 0 Å². The Morgan fingerprint density at radius 3 is 1.88 bits per heavy atom. The van der Waals surface area contributed by atoms with Crippen molar-refractivity contribution in [3.63, 3.8) is 0 Å². The summed E-state index contributed by atoms with van der Waals surface area (Å²) in [6, 6.07) is 44.6. The fraction of sp³-hybridized carbons (Fsp3) is 0.0238. The number of fused-ring (bicyclic) bond motifs is 8. The quantitative estimate of drug-likeness (QED) is 0.178. The molecule has 1 aliphatic rings. The summed E-state index contributed by atoms with van der Waals surface area (Å²) in [6.07, 6.45) is -4.43. The molecule has 2 nitrogen and oxygen atoms in total. The molecule has 6 heteroatoms. The fourth-order valence-electron chi connectivity index (χ4n) is 6.97. The van der Waals surface area contributed by atoms with Crippen molar-refractivity contribution in [3.8, 4) is 28.2 Å². The third-order valence-electron chi connectivity index (χ3n) is 9.20. The molecule has 0 unspecified atom stereocenters. The lowest BCUT2D eigenvalue weighted by atomic mass is 9.90. The Labute approximate surface area is 278 Å². The lowest BCUT2D eigenvalue weighted by Crippen LogP contribution is -2.05. The van der Waals surface area contributed by atoms with Crippen LogP contribution in [0.4, 0.5) is 13.2 Å². The third-order valence-corrected chi connectivity index (χ3v) is 10.3. The van der Waals surface area contributed by atoms with E-state index in [1.54, 1.807) is 11.8 Å². The smallest absolute Gasteiger partial charge is 0.292 e. The SMILES string of the molecule is C=C1c2ccccc2Sc2cccc(-c3ccc(-c4nc5c6ccccc6c6ccccc6c5n4-c4ccc(C(F)(F)F)cc4)cc3)c21. The molecule has 1 aliphatic heterocycles. The molecule has 0 spiro atoms. The Kier molecular flexibility index (Phi) is 6.39. The lowest BCUT2D eigenvalue weighted by Gasteiger charge is -2.24. The summed E-state index contributed by atoms with van der Waals surface area (Å²) in [4.78, 5) is 7.61. The highest BCUT2D eigenvalue weighted by atomic mass is 32.2. The molecule has 0 atom stereocenters. The van der Waals surface area contributed by atoms with Gasteiger partial charge in [0.1, 0.15) is 5.82 Å². The molecular weight excluding hydrogens is 622 g/mol. The number of rotatable bonds is 3. The summed E-state index contributed by atoms with van der Waals surface area (Å²) in [7, 11) is 0. The molecule has 230 valence electrons. The number of hydrogen-bond donors (Lipinski definition) is 0. The molecule has 0 saturated carbocycles. The van der Waals surface area contributed by atoms with Gasteiger partial charge in [0.05, 0.1) is 16.6 Å². The van der Waals surface area contributed by atoms with Gasteiger partial charge in [-0.25, -0.2) is 4.98 Å². The number of alkyl halides is 3. The van der Waals surface area contributed by atoms with Gasteiger partial charge < -0.3 is 0 Å². The Morgan fingerprint density at radius 1 is 0.562 bits per heavy atom. The molecule has 7 aromatic carbocycles. The Hall–Kier alpha value is -5.59. The molecule has 0 radical (unpaired) electrons. The monoisotopic (exact) mass is 646 g/mol. The summed E-state index contributed by atoms with van der Waals surface area (Å²) in [6.45, 7) is 4.49. The molecule has 2 heterocycles. The number of hydrogen-bond acceptors (Lipinski definition) is 2. The number of halogens is 3. The van der Waals surface area contributed by atoms with Crippen LogP contribution in [0.25, 0.3) is 66.4 Å². The minimum Gasteiger partial charge on any atom is -0.292 e. The van der Waals surface area contributed by atoms with E-state index in [2.05, 4.69) is 79.4 Å². The van der Waals surface area contributed by atoms with Crippen molar-refractivity contribution < 1.29 is 13.2 Å². The molecule has 48 heavy (non-hydrogen) atoms. The highest BCUT2D eigenvalue weighted by molar-refractivity contribution is 7.99. The predicted octanol–water partition coefficient (Wildman–Crippen LogP) is 12.2. The van der Waals surface area contributed by atoms with Gasteiger partial charge in [-0.2, -0.15) is 13.2 Å². The van der Waals surface area contributed by atoms with Gasteiger partial charge in [0.2, 0.25) is 0 Å². The molecule has 1 aromatic heterocycles. The van der Waals surface area contributed by atoms with Crippen molar-refractivity contribution >= 4 is 49.9 Å². The molecule has 0 fully saturated rings. The molecule has 0 N–H and O–H groups in total. The van der Waals surface area contributed by atoms with Crippen molar-refractivity contribution in [1.29, 1.82) is 0 Å².